The van der Waals surface area contributed by atoms with E-state index in [2.05, 4.69) is 31.3 Å². The van der Waals surface area contributed by atoms with Crippen molar-refractivity contribution < 1.29 is 9.72 Å². The Morgan fingerprint density at radius 3 is 2.75 bits per heavy atom. The largest absolute Gasteiger partial charge is 0.322 e. The zero-order valence-electron chi connectivity index (χ0n) is 10.6. The van der Waals surface area contributed by atoms with Gasteiger partial charge in [0.2, 0.25) is 5.69 Å². The van der Waals surface area contributed by atoms with Crippen molar-refractivity contribution in [1.29, 1.82) is 0 Å². The second-order valence-corrected chi connectivity index (χ2v) is 4.89. The third kappa shape index (κ3) is 2.67. The summed E-state index contributed by atoms with van der Waals surface area (Å²) in [6, 6.07) is 3.28. The standard InChI is InChI=1S/C11H10BrN5O3/c1-6-9(17(19)20)10(16(2)15-6)11(18)14-8-4-3-7(12)5-13-8/h3-5H,1-2H3,(H,13,14,18). The lowest BCUT2D eigenvalue weighted by Crippen LogP contribution is -2.18. The first-order valence-electron chi connectivity index (χ1n) is 5.51. The van der Waals surface area contributed by atoms with E-state index in [4.69, 9.17) is 0 Å². The number of hydrogen-bond donors (Lipinski definition) is 1. The number of amides is 1. The van der Waals surface area contributed by atoms with Crippen molar-refractivity contribution in [3.63, 3.8) is 0 Å². The molecule has 104 valence electrons. The number of nitrogens with one attached hydrogen (secondary N) is 1. The summed E-state index contributed by atoms with van der Waals surface area (Å²) in [5, 5.41) is 17.4. The number of carbonyl (C=O) groups excluding carboxylic acids is 1. The Bertz CT molecular complexity index is 680. The summed E-state index contributed by atoms with van der Waals surface area (Å²) in [6.07, 6.45) is 1.51. The predicted octanol–water partition coefficient (Wildman–Crippen LogP) is 2.05. The number of nitrogens with zero attached hydrogens (tertiary/aromatic N) is 4. The van der Waals surface area contributed by atoms with Crippen LogP contribution in [-0.2, 0) is 7.05 Å². The van der Waals surface area contributed by atoms with E-state index in [1.165, 1.54) is 24.9 Å². The van der Waals surface area contributed by atoms with Crippen LogP contribution < -0.4 is 5.32 Å². The molecular weight excluding hydrogens is 330 g/mol. The first-order chi connectivity index (χ1) is 9.40. The van der Waals surface area contributed by atoms with Gasteiger partial charge in [0.25, 0.3) is 5.91 Å². The Morgan fingerprint density at radius 2 is 2.20 bits per heavy atom. The highest BCUT2D eigenvalue weighted by molar-refractivity contribution is 9.10. The molecule has 20 heavy (non-hydrogen) atoms. The SMILES string of the molecule is Cc1nn(C)c(C(=O)Nc2ccc(Br)cn2)c1[N+](=O)[O-]. The van der Waals surface area contributed by atoms with Crippen LogP contribution in [0.25, 0.3) is 0 Å². The summed E-state index contributed by atoms with van der Waals surface area (Å²) in [6.45, 7) is 1.48. The van der Waals surface area contributed by atoms with Gasteiger partial charge in [0, 0.05) is 17.7 Å². The van der Waals surface area contributed by atoms with Gasteiger partial charge in [-0.3, -0.25) is 19.6 Å². The summed E-state index contributed by atoms with van der Waals surface area (Å²) in [5.74, 6) is -0.332. The van der Waals surface area contributed by atoms with Crippen LogP contribution in [0.15, 0.2) is 22.8 Å². The minimum Gasteiger partial charge on any atom is -0.305 e. The molecular formula is C11H10BrN5O3. The van der Waals surface area contributed by atoms with Gasteiger partial charge in [0.05, 0.1) is 4.92 Å². The van der Waals surface area contributed by atoms with Crippen molar-refractivity contribution >= 4 is 33.3 Å². The van der Waals surface area contributed by atoms with Gasteiger partial charge < -0.3 is 5.32 Å². The summed E-state index contributed by atoms with van der Waals surface area (Å²) in [4.78, 5) is 26.5. The molecule has 1 amide bonds. The molecule has 0 aliphatic rings. The van der Waals surface area contributed by atoms with E-state index in [1.54, 1.807) is 12.1 Å². The Kier molecular flexibility index (Phi) is 3.79. The number of rotatable bonds is 3. The zero-order valence-corrected chi connectivity index (χ0v) is 12.2. The van der Waals surface area contributed by atoms with Crippen LogP contribution in [0, 0.1) is 17.0 Å². The number of anilines is 1. The molecule has 2 rings (SSSR count). The second-order valence-electron chi connectivity index (χ2n) is 3.98. The molecule has 0 atom stereocenters. The van der Waals surface area contributed by atoms with Crippen LogP contribution in [-0.4, -0.2) is 25.6 Å². The van der Waals surface area contributed by atoms with Crippen molar-refractivity contribution in [2.75, 3.05) is 5.32 Å². The normalized spacial score (nSPS) is 10.3. The Labute approximate surface area is 122 Å². The number of aromatic nitrogens is 3. The first-order valence-corrected chi connectivity index (χ1v) is 6.30. The molecule has 1 N–H and O–H groups in total. The van der Waals surface area contributed by atoms with Crippen molar-refractivity contribution in [2.24, 2.45) is 7.05 Å². The lowest BCUT2D eigenvalue weighted by atomic mass is 10.3. The third-order valence-corrected chi connectivity index (χ3v) is 3.03. The van der Waals surface area contributed by atoms with Crippen molar-refractivity contribution in [1.82, 2.24) is 14.8 Å². The van der Waals surface area contributed by atoms with Crippen molar-refractivity contribution in [3.05, 3.63) is 44.3 Å². The molecule has 2 aromatic heterocycles. The Balaban J connectivity index is 2.34. The topological polar surface area (TPSA) is 103 Å². The lowest BCUT2D eigenvalue weighted by Gasteiger charge is -2.04. The van der Waals surface area contributed by atoms with Crippen LogP contribution in [0.5, 0.6) is 0 Å². The Hall–Kier alpha value is -2.29. The van der Waals surface area contributed by atoms with E-state index >= 15 is 0 Å². The van der Waals surface area contributed by atoms with Gasteiger partial charge >= 0.3 is 5.69 Å². The number of nitro groups is 1. The highest BCUT2D eigenvalue weighted by atomic mass is 79.9. The van der Waals surface area contributed by atoms with Gasteiger partial charge in [0.1, 0.15) is 11.5 Å². The van der Waals surface area contributed by atoms with Gasteiger partial charge in [0.15, 0.2) is 0 Å². The van der Waals surface area contributed by atoms with E-state index in [1.807, 2.05) is 0 Å². The van der Waals surface area contributed by atoms with E-state index in [9.17, 15) is 14.9 Å². The maximum Gasteiger partial charge on any atom is 0.322 e. The monoisotopic (exact) mass is 339 g/mol. The second kappa shape index (κ2) is 5.37. The minimum atomic E-state index is -0.630. The molecule has 0 aliphatic heterocycles. The fourth-order valence-corrected chi connectivity index (χ4v) is 1.98. The lowest BCUT2D eigenvalue weighted by molar-refractivity contribution is -0.385. The molecule has 2 heterocycles. The quantitative estimate of drug-likeness (QED) is 0.680. The van der Waals surface area contributed by atoms with Crippen LogP contribution in [0.4, 0.5) is 11.5 Å². The fraction of sp³-hybridized carbons (Fsp3) is 0.182. The van der Waals surface area contributed by atoms with Gasteiger partial charge in [-0.15, -0.1) is 0 Å². The highest BCUT2D eigenvalue weighted by Gasteiger charge is 2.29. The third-order valence-electron chi connectivity index (χ3n) is 2.56. The van der Waals surface area contributed by atoms with Gasteiger partial charge in [-0.2, -0.15) is 5.10 Å². The molecule has 0 fully saturated rings. The van der Waals surface area contributed by atoms with Crippen LogP contribution >= 0.6 is 15.9 Å². The number of hydrogen-bond acceptors (Lipinski definition) is 5. The number of pyridine rings is 1. The zero-order chi connectivity index (χ0) is 14.9. The van der Waals surface area contributed by atoms with E-state index in [0.29, 0.717) is 5.82 Å². The predicted molar refractivity (Wildman–Crippen MR) is 74.5 cm³/mol. The summed E-state index contributed by atoms with van der Waals surface area (Å²) in [5.41, 5.74) is -0.231. The summed E-state index contributed by atoms with van der Waals surface area (Å²) >= 11 is 3.22. The molecule has 0 radical (unpaired) electrons. The average Bonchev–Trinajstić information content (AvgIpc) is 2.67. The fourth-order valence-electron chi connectivity index (χ4n) is 1.75. The van der Waals surface area contributed by atoms with Crippen molar-refractivity contribution in [3.8, 4) is 0 Å². The van der Waals surface area contributed by atoms with E-state index in [0.717, 1.165) is 4.47 Å². The molecule has 0 aliphatic carbocycles. The average molecular weight is 340 g/mol. The summed E-state index contributed by atoms with van der Waals surface area (Å²) < 4.78 is 1.94. The van der Waals surface area contributed by atoms with Crippen molar-refractivity contribution in [2.45, 2.75) is 6.92 Å². The minimum absolute atomic E-state index is 0.114. The van der Waals surface area contributed by atoms with Gasteiger partial charge in [-0.1, -0.05) is 0 Å². The van der Waals surface area contributed by atoms with Crippen LogP contribution in [0.3, 0.4) is 0 Å². The van der Waals surface area contributed by atoms with E-state index < -0.39 is 10.8 Å². The maximum absolute atomic E-state index is 12.1. The number of carbonyl (C=O) groups is 1. The first kappa shape index (κ1) is 14.1. The molecule has 0 spiro atoms. The number of aryl methyl sites for hydroxylation is 2. The Morgan fingerprint density at radius 1 is 1.50 bits per heavy atom. The van der Waals surface area contributed by atoms with Gasteiger partial charge in [-0.05, 0) is 35.0 Å². The molecule has 0 unspecified atom stereocenters. The molecule has 0 saturated heterocycles. The smallest absolute Gasteiger partial charge is 0.305 e. The maximum atomic E-state index is 12.1. The van der Waals surface area contributed by atoms with Gasteiger partial charge in [-0.25, -0.2) is 4.98 Å². The molecule has 0 aromatic carbocycles. The highest BCUT2D eigenvalue weighted by Crippen LogP contribution is 2.23. The summed E-state index contributed by atoms with van der Waals surface area (Å²) in [7, 11) is 1.48. The number of halogens is 1. The molecule has 0 bridgehead atoms. The molecule has 8 nitrogen and oxygen atoms in total. The molecule has 9 heteroatoms. The van der Waals surface area contributed by atoms with Crippen LogP contribution in [0.1, 0.15) is 16.2 Å². The van der Waals surface area contributed by atoms with E-state index in [-0.39, 0.29) is 17.1 Å². The van der Waals surface area contributed by atoms with Crippen LogP contribution in [0.2, 0.25) is 0 Å². The molecule has 2 aromatic rings. The molecule has 0 saturated carbocycles.